The van der Waals surface area contributed by atoms with Crippen LogP contribution in [0.1, 0.15) is 6.42 Å². The average molecular weight is 429 g/mol. The first-order valence-corrected chi connectivity index (χ1v) is 8.48. The number of carbonyl (C=O) groups is 2. The van der Waals surface area contributed by atoms with E-state index >= 15 is 0 Å². The molecule has 2 saturated carbocycles. The van der Waals surface area contributed by atoms with Crippen LogP contribution in [0.15, 0.2) is 10.1 Å². The maximum atomic E-state index is 11.6. The van der Waals surface area contributed by atoms with Crippen molar-refractivity contribution >= 4 is 81.5 Å². The van der Waals surface area contributed by atoms with Gasteiger partial charge in [0.05, 0.1) is 21.9 Å². The third kappa shape index (κ3) is 1.55. The molecule has 122 valence electrons. The highest BCUT2D eigenvalue weighted by Crippen LogP contribution is 2.80. The largest absolute Gasteiger partial charge is 0.481 e. The lowest BCUT2D eigenvalue weighted by Crippen LogP contribution is -2.47. The van der Waals surface area contributed by atoms with E-state index in [4.69, 9.17) is 69.6 Å². The highest BCUT2D eigenvalue weighted by Gasteiger charge is 2.86. The van der Waals surface area contributed by atoms with E-state index in [1.54, 1.807) is 0 Å². The zero-order chi connectivity index (χ0) is 16.8. The Morgan fingerprint density at radius 1 is 0.864 bits per heavy atom. The zero-order valence-electron chi connectivity index (χ0n) is 10.5. The Morgan fingerprint density at radius 2 is 1.18 bits per heavy atom. The van der Waals surface area contributed by atoms with E-state index in [2.05, 4.69) is 0 Å². The Balaban J connectivity index is 2.29. The summed E-state index contributed by atoms with van der Waals surface area (Å²) in [6.45, 7) is 0. The van der Waals surface area contributed by atoms with Crippen LogP contribution in [-0.2, 0) is 9.59 Å². The van der Waals surface area contributed by atoms with Gasteiger partial charge in [0.25, 0.3) is 0 Å². The number of carboxylic acid groups (broad SMARTS) is 2. The molecule has 0 aromatic heterocycles. The average Bonchev–Trinajstić information content (AvgIpc) is 2.91. The molecule has 0 aliphatic heterocycles. The van der Waals surface area contributed by atoms with Crippen molar-refractivity contribution in [1.82, 2.24) is 0 Å². The van der Waals surface area contributed by atoms with Crippen molar-refractivity contribution in [2.45, 2.75) is 20.5 Å². The van der Waals surface area contributed by atoms with Crippen molar-refractivity contribution in [3.05, 3.63) is 10.1 Å². The van der Waals surface area contributed by atoms with Crippen LogP contribution in [0.3, 0.4) is 0 Å². The molecular formula is C12H8Cl6O4. The maximum absolute atomic E-state index is 11.6. The van der Waals surface area contributed by atoms with E-state index in [1.165, 1.54) is 0 Å². The first kappa shape index (κ1) is 17.2. The molecule has 0 spiro atoms. The lowest BCUT2D eigenvalue weighted by molar-refractivity contribution is -0.143. The minimum absolute atomic E-state index is 0.116. The predicted molar refractivity (Wildman–Crippen MR) is 84.2 cm³/mol. The van der Waals surface area contributed by atoms with Gasteiger partial charge in [-0.05, 0) is 6.42 Å². The number of rotatable bonds is 2. The van der Waals surface area contributed by atoms with Crippen LogP contribution in [-0.4, -0.2) is 36.2 Å². The molecule has 10 heteroatoms. The summed E-state index contributed by atoms with van der Waals surface area (Å²) in [6.07, 6.45) is -0.138. The minimum atomic E-state index is -1.92. The topological polar surface area (TPSA) is 74.6 Å². The molecule has 0 radical (unpaired) electrons. The van der Waals surface area contributed by atoms with Gasteiger partial charge in [0.15, 0.2) is 4.33 Å². The summed E-state index contributed by atoms with van der Waals surface area (Å²) in [7, 11) is 0. The van der Waals surface area contributed by atoms with E-state index < -0.39 is 49.7 Å². The van der Waals surface area contributed by atoms with Gasteiger partial charge in [-0.2, -0.15) is 0 Å². The standard InChI is InChI=1S/C12H8Cl6O4/c13-6-7(14)11(16)5-3(9(21)22)1-2(8(19)20)4(5)10(6,15)12(11,17)18/h2-5H,1H2,(H,19,20)(H,21,22)/t2?,3?,4-,5+,10-,11+. The van der Waals surface area contributed by atoms with Gasteiger partial charge in [-0.15, -0.1) is 23.2 Å². The van der Waals surface area contributed by atoms with Crippen LogP contribution in [0, 0.1) is 23.7 Å². The third-order valence-electron chi connectivity index (χ3n) is 5.06. The highest BCUT2D eigenvalue weighted by atomic mass is 35.5. The fourth-order valence-corrected chi connectivity index (χ4v) is 7.31. The van der Waals surface area contributed by atoms with E-state index in [0.29, 0.717) is 0 Å². The van der Waals surface area contributed by atoms with Crippen LogP contribution in [0.2, 0.25) is 0 Å². The number of allylic oxidation sites excluding steroid dienone is 2. The third-order valence-corrected chi connectivity index (χ3v) is 9.35. The Hall–Kier alpha value is 0.420. The van der Waals surface area contributed by atoms with Crippen molar-refractivity contribution < 1.29 is 19.8 Å². The lowest BCUT2D eigenvalue weighted by Gasteiger charge is -2.35. The molecule has 0 saturated heterocycles. The molecule has 0 amide bonds. The van der Waals surface area contributed by atoms with Crippen molar-refractivity contribution in [3.63, 3.8) is 0 Å². The second-order valence-electron chi connectivity index (χ2n) is 5.80. The SMILES string of the molecule is O=C(O)C1CC(C(=O)O)[C@H]2[C@@H]1[C@@]1(Cl)C(Cl)=C(Cl)[C@]2(Cl)C1(Cl)Cl. The van der Waals surface area contributed by atoms with E-state index in [-0.39, 0.29) is 16.5 Å². The molecule has 2 bridgehead atoms. The summed E-state index contributed by atoms with van der Waals surface area (Å²) in [4.78, 5) is 19.6. The fourth-order valence-electron chi connectivity index (χ4n) is 4.20. The number of carboxylic acids is 2. The Morgan fingerprint density at radius 3 is 1.45 bits per heavy atom. The number of alkyl halides is 4. The highest BCUT2D eigenvalue weighted by molar-refractivity contribution is 6.65. The van der Waals surface area contributed by atoms with Gasteiger partial charge in [-0.3, -0.25) is 9.59 Å². The van der Waals surface area contributed by atoms with Gasteiger partial charge in [0, 0.05) is 11.8 Å². The summed E-state index contributed by atoms with van der Waals surface area (Å²) < 4.78 is -1.92. The molecule has 0 aromatic rings. The van der Waals surface area contributed by atoms with Crippen molar-refractivity contribution in [2.24, 2.45) is 23.7 Å². The molecular weight excluding hydrogens is 421 g/mol. The second kappa shape index (κ2) is 4.74. The molecule has 0 heterocycles. The van der Waals surface area contributed by atoms with Gasteiger partial charge in [0.2, 0.25) is 0 Å². The molecule has 2 fully saturated rings. The molecule has 6 atom stereocenters. The normalized spacial score (nSPS) is 48.6. The van der Waals surface area contributed by atoms with E-state index in [1.807, 2.05) is 0 Å². The smallest absolute Gasteiger partial charge is 0.306 e. The van der Waals surface area contributed by atoms with Crippen LogP contribution in [0.5, 0.6) is 0 Å². The molecule has 22 heavy (non-hydrogen) atoms. The summed E-state index contributed by atoms with van der Waals surface area (Å²) >= 11 is 38.1. The van der Waals surface area contributed by atoms with Crippen LogP contribution in [0.4, 0.5) is 0 Å². The first-order valence-electron chi connectivity index (χ1n) is 6.21. The number of halogens is 6. The maximum Gasteiger partial charge on any atom is 0.306 e. The molecule has 0 aromatic carbocycles. The van der Waals surface area contributed by atoms with Gasteiger partial charge in [0.1, 0.15) is 9.75 Å². The van der Waals surface area contributed by atoms with Crippen LogP contribution in [0.25, 0.3) is 0 Å². The monoisotopic (exact) mass is 426 g/mol. The van der Waals surface area contributed by atoms with Crippen LogP contribution >= 0.6 is 69.6 Å². The summed E-state index contributed by atoms with van der Waals surface area (Å²) in [6, 6.07) is 0. The molecule has 2 unspecified atom stereocenters. The van der Waals surface area contributed by atoms with E-state index in [9.17, 15) is 19.8 Å². The quantitative estimate of drug-likeness (QED) is 0.655. The van der Waals surface area contributed by atoms with Gasteiger partial charge in [-0.1, -0.05) is 46.4 Å². The van der Waals surface area contributed by atoms with Gasteiger partial charge >= 0.3 is 11.9 Å². The fraction of sp³-hybridized carbons (Fsp3) is 0.667. The number of hydrogen-bond acceptors (Lipinski definition) is 2. The summed E-state index contributed by atoms with van der Waals surface area (Å²) in [5, 5.41) is 18.6. The summed E-state index contributed by atoms with van der Waals surface area (Å²) in [5.41, 5.74) is 0. The lowest BCUT2D eigenvalue weighted by atomic mass is 9.78. The Kier molecular flexibility index (Phi) is 3.71. The molecule has 3 rings (SSSR count). The van der Waals surface area contributed by atoms with Crippen molar-refractivity contribution in [1.29, 1.82) is 0 Å². The van der Waals surface area contributed by atoms with Gasteiger partial charge < -0.3 is 10.2 Å². The van der Waals surface area contributed by atoms with Crippen LogP contribution < -0.4 is 0 Å². The zero-order valence-corrected chi connectivity index (χ0v) is 15.0. The Labute approximate surface area is 155 Å². The predicted octanol–water partition coefficient (Wildman–Crippen LogP) is 3.87. The van der Waals surface area contributed by atoms with Crippen molar-refractivity contribution in [2.75, 3.05) is 0 Å². The van der Waals surface area contributed by atoms with E-state index in [0.717, 1.165) is 0 Å². The van der Waals surface area contributed by atoms with Crippen molar-refractivity contribution in [3.8, 4) is 0 Å². The Bertz CT molecular complexity index is 583. The molecule has 3 aliphatic carbocycles. The summed E-state index contributed by atoms with van der Waals surface area (Å²) in [5.74, 6) is -6.43. The minimum Gasteiger partial charge on any atom is -0.481 e. The molecule has 4 nitrogen and oxygen atoms in total. The molecule has 3 aliphatic rings. The second-order valence-corrected chi connectivity index (χ2v) is 9.08. The first-order chi connectivity index (χ1) is 9.94. The number of aliphatic carboxylic acids is 2. The number of fused-ring (bicyclic) bond motifs is 5. The molecule has 2 N–H and O–H groups in total. The number of hydrogen-bond donors (Lipinski definition) is 2. The van der Waals surface area contributed by atoms with Gasteiger partial charge in [-0.25, -0.2) is 0 Å².